The van der Waals surface area contributed by atoms with Gasteiger partial charge in [-0.25, -0.2) is 0 Å². The zero-order chi connectivity index (χ0) is 18.6. The number of anilines is 1. The number of piperazine rings is 1. The average Bonchev–Trinajstić information content (AvgIpc) is 3.16. The van der Waals surface area contributed by atoms with Crippen LogP contribution in [-0.4, -0.2) is 54.7 Å². The molecule has 1 atom stereocenters. The summed E-state index contributed by atoms with van der Waals surface area (Å²) >= 11 is 0. The summed E-state index contributed by atoms with van der Waals surface area (Å²) in [5.41, 5.74) is 2.07. The van der Waals surface area contributed by atoms with Gasteiger partial charge in [0.2, 0.25) is 12.7 Å². The summed E-state index contributed by atoms with van der Waals surface area (Å²) in [5.74, 6) is 1.70. The summed E-state index contributed by atoms with van der Waals surface area (Å²) < 4.78 is 10.8. The van der Waals surface area contributed by atoms with E-state index in [-0.39, 0.29) is 11.9 Å². The number of benzene rings is 2. The quantitative estimate of drug-likeness (QED) is 0.880. The zero-order valence-corrected chi connectivity index (χ0v) is 15.6. The number of hydrogen-bond acceptors (Lipinski definition) is 5. The minimum Gasteiger partial charge on any atom is -0.454 e. The Hall–Kier alpha value is -2.57. The molecular formula is C21H25N3O3. The fourth-order valence-corrected chi connectivity index (χ4v) is 3.54. The van der Waals surface area contributed by atoms with Gasteiger partial charge in [0.05, 0.1) is 6.04 Å². The Labute approximate surface area is 159 Å². The number of amides is 1. The molecule has 1 N–H and O–H groups in total. The van der Waals surface area contributed by atoms with Crippen LogP contribution in [0.2, 0.25) is 0 Å². The van der Waals surface area contributed by atoms with Gasteiger partial charge in [-0.15, -0.1) is 0 Å². The third kappa shape index (κ3) is 4.23. The number of ether oxygens (including phenoxy) is 2. The van der Waals surface area contributed by atoms with E-state index < -0.39 is 0 Å². The number of nitrogens with zero attached hydrogens (tertiary/aromatic N) is 2. The molecule has 0 bridgehead atoms. The maximum atomic E-state index is 12.5. The summed E-state index contributed by atoms with van der Waals surface area (Å²) in [7, 11) is 0. The van der Waals surface area contributed by atoms with Gasteiger partial charge in [-0.05, 0) is 36.8 Å². The Morgan fingerprint density at radius 1 is 1.04 bits per heavy atom. The second kappa shape index (κ2) is 7.98. The van der Waals surface area contributed by atoms with E-state index in [2.05, 4.69) is 27.2 Å². The first kappa shape index (κ1) is 17.8. The Balaban J connectivity index is 1.27. The highest BCUT2D eigenvalue weighted by molar-refractivity contribution is 5.94. The number of fused-ring (bicyclic) bond motifs is 1. The van der Waals surface area contributed by atoms with E-state index in [1.807, 2.05) is 43.3 Å². The van der Waals surface area contributed by atoms with E-state index in [0.717, 1.165) is 49.9 Å². The average molecular weight is 367 g/mol. The predicted molar refractivity (Wildman–Crippen MR) is 104 cm³/mol. The lowest BCUT2D eigenvalue weighted by Gasteiger charge is -2.37. The molecule has 1 fully saturated rings. The van der Waals surface area contributed by atoms with Crippen LogP contribution in [-0.2, 0) is 11.3 Å². The van der Waals surface area contributed by atoms with E-state index in [4.69, 9.17) is 9.47 Å². The molecule has 0 unspecified atom stereocenters. The zero-order valence-electron chi connectivity index (χ0n) is 15.6. The molecule has 1 amide bonds. The van der Waals surface area contributed by atoms with Crippen molar-refractivity contribution in [3.63, 3.8) is 0 Å². The summed E-state index contributed by atoms with van der Waals surface area (Å²) in [5, 5.41) is 2.99. The molecule has 0 aliphatic carbocycles. The molecule has 0 spiro atoms. The van der Waals surface area contributed by atoms with E-state index in [0.29, 0.717) is 6.79 Å². The van der Waals surface area contributed by atoms with Crippen molar-refractivity contribution >= 4 is 11.6 Å². The lowest BCUT2D eigenvalue weighted by Crippen LogP contribution is -2.52. The third-order valence-corrected chi connectivity index (χ3v) is 5.22. The van der Waals surface area contributed by atoms with Crippen LogP contribution in [0.5, 0.6) is 11.5 Å². The highest BCUT2D eigenvalue weighted by Gasteiger charge is 2.26. The van der Waals surface area contributed by atoms with Crippen LogP contribution in [0.1, 0.15) is 12.5 Å². The molecule has 142 valence electrons. The van der Waals surface area contributed by atoms with Crippen molar-refractivity contribution in [2.45, 2.75) is 19.5 Å². The topological polar surface area (TPSA) is 54.0 Å². The van der Waals surface area contributed by atoms with E-state index in [1.165, 1.54) is 5.56 Å². The van der Waals surface area contributed by atoms with Crippen molar-refractivity contribution < 1.29 is 14.3 Å². The molecule has 6 nitrogen and oxygen atoms in total. The number of hydrogen-bond donors (Lipinski definition) is 1. The maximum absolute atomic E-state index is 12.5. The minimum absolute atomic E-state index is 0.0467. The molecular weight excluding hydrogens is 342 g/mol. The maximum Gasteiger partial charge on any atom is 0.241 e. The monoisotopic (exact) mass is 367 g/mol. The summed E-state index contributed by atoms with van der Waals surface area (Å²) in [6.45, 7) is 6.82. The van der Waals surface area contributed by atoms with Gasteiger partial charge in [0.1, 0.15) is 0 Å². The van der Waals surface area contributed by atoms with Crippen LogP contribution >= 0.6 is 0 Å². The van der Waals surface area contributed by atoms with E-state index in [9.17, 15) is 4.79 Å². The summed E-state index contributed by atoms with van der Waals surface area (Å²) in [6.07, 6.45) is 0. The van der Waals surface area contributed by atoms with E-state index >= 15 is 0 Å². The minimum atomic E-state index is -0.141. The lowest BCUT2D eigenvalue weighted by atomic mass is 10.1. The van der Waals surface area contributed by atoms with Gasteiger partial charge >= 0.3 is 0 Å². The Bertz CT molecular complexity index is 789. The smallest absolute Gasteiger partial charge is 0.241 e. The molecule has 2 aliphatic rings. The van der Waals surface area contributed by atoms with Gasteiger partial charge in [-0.2, -0.15) is 0 Å². The van der Waals surface area contributed by atoms with Crippen LogP contribution < -0.4 is 14.8 Å². The molecule has 0 aromatic heterocycles. The van der Waals surface area contributed by atoms with Gasteiger partial charge in [-0.1, -0.05) is 24.3 Å². The van der Waals surface area contributed by atoms with Crippen molar-refractivity contribution in [1.82, 2.24) is 9.80 Å². The highest BCUT2D eigenvalue weighted by Crippen LogP contribution is 2.32. The second-order valence-corrected chi connectivity index (χ2v) is 7.03. The molecule has 2 heterocycles. The third-order valence-electron chi connectivity index (χ3n) is 5.22. The SMILES string of the molecule is C[C@H](C(=O)Nc1ccccc1)N1CCN(Cc2ccc3c(c2)OCO3)CC1. The number of para-hydroxylation sites is 1. The Kier molecular flexibility index (Phi) is 5.27. The Morgan fingerprint density at radius 2 is 1.78 bits per heavy atom. The lowest BCUT2D eigenvalue weighted by molar-refractivity contribution is -0.121. The van der Waals surface area contributed by atoms with Crippen molar-refractivity contribution in [2.24, 2.45) is 0 Å². The summed E-state index contributed by atoms with van der Waals surface area (Å²) in [4.78, 5) is 17.2. The fourth-order valence-electron chi connectivity index (χ4n) is 3.54. The molecule has 27 heavy (non-hydrogen) atoms. The number of nitrogens with one attached hydrogen (secondary N) is 1. The molecule has 0 saturated carbocycles. The molecule has 2 aliphatic heterocycles. The fraction of sp³-hybridized carbons (Fsp3) is 0.381. The molecule has 4 rings (SSSR count). The molecule has 2 aromatic carbocycles. The Morgan fingerprint density at radius 3 is 2.56 bits per heavy atom. The molecule has 0 radical (unpaired) electrons. The first-order valence-corrected chi connectivity index (χ1v) is 9.40. The summed E-state index contributed by atoms with van der Waals surface area (Å²) in [6, 6.07) is 15.6. The molecule has 1 saturated heterocycles. The number of carbonyl (C=O) groups excluding carboxylic acids is 1. The van der Waals surface area contributed by atoms with Gasteiger partial charge in [0.15, 0.2) is 11.5 Å². The number of rotatable bonds is 5. The largest absolute Gasteiger partial charge is 0.454 e. The first-order chi connectivity index (χ1) is 13.2. The van der Waals surface area contributed by atoms with Crippen LogP contribution in [0, 0.1) is 0 Å². The highest BCUT2D eigenvalue weighted by atomic mass is 16.7. The molecule has 2 aromatic rings. The van der Waals surface area contributed by atoms with Crippen LogP contribution in [0.4, 0.5) is 5.69 Å². The van der Waals surface area contributed by atoms with Gasteiger partial charge in [0, 0.05) is 38.4 Å². The van der Waals surface area contributed by atoms with Crippen molar-refractivity contribution in [3.8, 4) is 11.5 Å². The predicted octanol–water partition coefficient (Wildman–Crippen LogP) is 2.56. The van der Waals surface area contributed by atoms with Crippen molar-refractivity contribution in [1.29, 1.82) is 0 Å². The normalized spacial score (nSPS) is 18.3. The standard InChI is InChI=1S/C21H25N3O3/c1-16(21(25)22-18-5-3-2-4-6-18)24-11-9-23(10-12-24)14-17-7-8-19-20(13-17)27-15-26-19/h2-8,13,16H,9-12,14-15H2,1H3,(H,22,25)/t16-/m1/s1. The van der Waals surface area contributed by atoms with Crippen LogP contribution in [0.3, 0.4) is 0 Å². The van der Waals surface area contributed by atoms with Gasteiger partial charge in [-0.3, -0.25) is 14.6 Å². The van der Waals surface area contributed by atoms with Crippen molar-refractivity contribution in [2.75, 3.05) is 38.3 Å². The second-order valence-electron chi connectivity index (χ2n) is 7.03. The van der Waals surface area contributed by atoms with Crippen LogP contribution in [0.25, 0.3) is 0 Å². The van der Waals surface area contributed by atoms with Gasteiger partial charge < -0.3 is 14.8 Å². The number of carbonyl (C=O) groups is 1. The molecule has 6 heteroatoms. The first-order valence-electron chi connectivity index (χ1n) is 9.40. The van der Waals surface area contributed by atoms with Crippen LogP contribution in [0.15, 0.2) is 48.5 Å². The van der Waals surface area contributed by atoms with Gasteiger partial charge in [0.25, 0.3) is 0 Å². The van der Waals surface area contributed by atoms with E-state index in [1.54, 1.807) is 0 Å². The van der Waals surface area contributed by atoms with Crippen molar-refractivity contribution in [3.05, 3.63) is 54.1 Å².